The molecule has 1 aliphatic heterocycles. The second-order valence-corrected chi connectivity index (χ2v) is 5.29. The quantitative estimate of drug-likeness (QED) is 0.800. The van der Waals surface area contributed by atoms with Crippen molar-refractivity contribution >= 4 is 17.5 Å². The summed E-state index contributed by atoms with van der Waals surface area (Å²) in [5, 5.41) is 0.0261. The highest BCUT2D eigenvalue weighted by atomic mass is 35.5. The van der Waals surface area contributed by atoms with E-state index in [2.05, 4.69) is 9.97 Å². The summed E-state index contributed by atoms with van der Waals surface area (Å²) in [7, 11) is 0. The minimum Gasteiger partial charge on any atom is -0.331 e. The van der Waals surface area contributed by atoms with Gasteiger partial charge in [0.1, 0.15) is 11.0 Å². The molecule has 3 heterocycles. The van der Waals surface area contributed by atoms with Crippen LogP contribution in [0.5, 0.6) is 0 Å². The number of nitrogens with zero attached hydrogens (tertiary/aromatic N) is 3. The number of halogens is 2. The lowest BCUT2D eigenvalue weighted by Gasteiger charge is -2.25. The summed E-state index contributed by atoms with van der Waals surface area (Å²) >= 11 is 5.93. The van der Waals surface area contributed by atoms with E-state index >= 15 is 0 Å². The first-order valence-electron chi connectivity index (χ1n) is 6.69. The molecule has 4 nitrogen and oxygen atoms in total. The zero-order valence-corrected chi connectivity index (χ0v) is 11.9. The van der Waals surface area contributed by atoms with Gasteiger partial charge in [0.2, 0.25) is 0 Å². The van der Waals surface area contributed by atoms with Gasteiger partial charge < -0.3 is 4.90 Å². The number of hydrogen-bond donors (Lipinski definition) is 0. The van der Waals surface area contributed by atoms with Crippen LogP contribution in [0.1, 0.15) is 34.8 Å². The fourth-order valence-corrected chi connectivity index (χ4v) is 2.84. The van der Waals surface area contributed by atoms with Crippen LogP contribution in [0, 0.1) is 5.82 Å². The standard InChI is InChI=1S/C15H13ClFN3O/c16-14-12(7-11(17)9-19-14)15(21)20-6-2-4-13(20)10-3-1-5-18-8-10/h1,3,5,7-9,13H,2,4,6H2. The summed E-state index contributed by atoms with van der Waals surface area (Å²) < 4.78 is 13.3. The van der Waals surface area contributed by atoms with E-state index in [1.54, 1.807) is 17.3 Å². The predicted molar refractivity (Wildman–Crippen MR) is 76.5 cm³/mol. The third-order valence-electron chi connectivity index (χ3n) is 3.62. The Morgan fingerprint density at radius 2 is 2.29 bits per heavy atom. The van der Waals surface area contributed by atoms with Crippen molar-refractivity contribution in [2.24, 2.45) is 0 Å². The zero-order valence-electron chi connectivity index (χ0n) is 11.2. The fourth-order valence-electron chi connectivity index (χ4n) is 2.66. The van der Waals surface area contributed by atoms with Crippen molar-refractivity contribution in [2.45, 2.75) is 18.9 Å². The Hall–Kier alpha value is -2.01. The maximum Gasteiger partial charge on any atom is 0.257 e. The molecule has 1 unspecified atom stereocenters. The maximum absolute atomic E-state index is 13.3. The lowest BCUT2D eigenvalue weighted by molar-refractivity contribution is 0.0734. The van der Waals surface area contributed by atoms with Crippen molar-refractivity contribution < 1.29 is 9.18 Å². The van der Waals surface area contributed by atoms with E-state index in [1.807, 2.05) is 12.1 Å². The van der Waals surface area contributed by atoms with Crippen LogP contribution in [-0.2, 0) is 0 Å². The molecule has 1 amide bonds. The van der Waals surface area contributed by atoms with Gasteiger partial charge in [-0.1, -0.05) is 17.7 Å². The lowest BCUT2D eigenvalue weighted by atomic mass is 10.1. The molecule has 0 saturated carbocycles. The topological polar surface area (TPSA) is 46.1 Å². The van der Waals surface area contributed by atoms with E-state index in [-0.39, 0.29) is 22.7 Å². The number of carbonyl (C=O) groups excluding carboxylic acids is 1. The molecule has 3 rings (SSSR count). The summed E-state index contributed by atoms with van der Waals surface area (Å²) in [6, 6.07) is 4.86. The average Bonchev–Trinajstić information content (AvgIpc) is 2.99. The molecular formula is C15H13ClFN3O. The summed E-state index contributed by atoms with van der Waals surface area (Å²) in [4.78, 5) is 22.1. The van der Waals surface area contributed by atoms with Gasteiger partial charge in [0.05, 0.1) is 17.8 Å². The van der Waals surface area contributed by atoms with Gasteiger partial charge in [0.15, 0.2) is 0 Å². The Morgan fingerprint density at radius 1 is 1.43 bits per heavy atom. The highest BCUT2D eigenvalue weighted by molar-refractivity contribution is 6.32. The number of amides is 1. The van der Waals surface area contributed by atoms with Crippen molar-refractivity contribution in [3.63, 3.8) is 0 Å². The maximum atomic E-state index is 13.3. The third-order valence-corrected chi connectivity index (χ3v) is 3.92. The molecule has 1 fully saturated rings. The molecule has 21 heavy (non-hydrogen) atoms. The minimum atomic E-state index is -0.570. The Balaban J connectivity index is 1.92. The molecule has 0 aromatic carbocycles. The first-order valence-corrected chi connectivity index (χ1v) is 7.06. The molecule has 2 aromatic rings. The normalized spacial score (nSPS) is 18.0. The van der Waals surface area contributed by atoms with E-state index in [1.165, 1.54) is 0 Å². The molecule has 0 radical (unpaired) electrons. The Bertz CT molecular complexity index is 665. The van der Waals surface area contributed by atoms with Crippen molar-refractivity contribution in [3.8, 4) is 0 Å². The van der Waals surface area contributed by atoms with Crippen LogP contribution in [0.15, 0.2) is 36.8 Å². The predicted octanol–water partition coefficient (Wildman–Crippen LogP) is 3.25. The third kappa shape index (κ3) is 2.74. The van der Waals surface area contributed by atoms with Gasteiger partial charge in [-0.25, -0.2) is 9.37 Å². The molecule has 0 bridgehead atoms. The number of carbonyl (C=O) groups is 1. The highest BCUT2D eigenvalue weighted by Crippen LogP contribution is 2.33. The largest absolute Gasteiger partial charge is 0.331 e. The van der Waals surface area contributed by atoms with Crippen LogP contribution in [0.3, 0.4) is 0 Å². The van der Waals surface area contributed by atoms with Gasteiger partial charge >= 0.3 is 0 Å². The van der Waals surface area contributed by atoms with E-state index < -0.39 is 5.82 Å². The van der Waals surface area contributed by atoms with Gasteiger partial charge in [-0.2, -0.15) is 0 Å². The molecule has 1 aliphatic rings. The van der Waals surface area contributed by atoms with Crippen LogP contribution in [0.2, 0.25) is 5.15 Å². The van der Waals surface area contributed by atoms with Crippen LogP contribution in [0.4, 0.5) is 4.39 Å². The zero-order chi connectivity index (χ0) is 14.8. The van der Waals surface area contributed by atoms with Gasteiger partial charge in [-0.15, -0.1) is 0 Å². The van der Waals surface area contributed by atoms with E-state index in [9.17, 15) is 9.18 Å². The van der Waals surface area contributed by atoms with Crippen molar-refractivity contribution in [2.75, 3.05) is 6.54 Å². The Labute approximate surface area is 126 Å². The lowest BCUT2D eigenvalue weighted by Crippen LogP contribution is -2.31. The Morgan fingerprint density at radius 3 is 3.05 bits per heavy atom. The number of rotatable bonds is 2. The second kappa shape index (κ2) is 5.77. The Kier molecular flexibility index (Phi) is 3.84. The average molecular weight is 306 g/mol. The van der Waals surface area contributed by atoms with Crippen LogP contribution in [-0.4, -0.2) is 27.3 Å². The van der Waals surface area contributed by atoms with Gasteiger partial charge in [-0.05, 0) is 30.5 Å². The number of likely N-dealkylation sites (tertiary alicyclic amines) is 1. The minimum absolute atomic E-state index is 0.0261. The molecule has 1 atom stereocenters. The summed E-state index contributed by atoms with van der Waals surface area (Å²) in [5.41, 5.74) is 1.08. The first-order chi connectivity index (χ1) is 10.2. The van der Waals surface area contributed by atoms with Crippen LogP contribution in [0.25, 0.3) is 0 Å². The van der Waals surface area contributed by atoms with Crippen molar-refractivity contribution in [1.29, 1.82) is 0 Å². The molecule has 0 N–H and O–H groups in total. The summed E-state index contributed by atoms with van der Waals surface area (Å²) in [6.07, 6.45) is 6.20. The first kappa shape index (κ1) is 13.9. The van der Waals surface area contributed by atoms with E-state index in [0.717, 1.165) is 30.7 Å². The molecule has 6 heteroatoms. The van der Waals surface area contributed by atoms with Crippen molar-refractivity contribution in [3.05, 3.63) is 58.9 Å². The summed E-state index contributed by atoms with van der Waals surface area (Å²) in [5.74, 6) is -0.863. The van der Waals surface area contributed by atoms with Gasteiger partial charge in [-0.3, -0.25) is 9.78 Å². The second-order valence-electron chi connectivity index (χ2n) is 4.93. The number of pyridine rings is 2. The molecule has 0 spiro atoms. The molecule has 1 saturated heterocycles. The number of hydrogen-bond acceptors (Lipinski definition) is 3. The molecule has 2 aromatic heterocycles. The van der Waals surface area contributed by atoms with E-state index in [4.69, 9.17) is 11.6 Å². The molecule has 108 valence electrons. The fraction of sp³-hybridized carbons (Fsp3) is 0.267. The van der Waals surface area contributed by atoms with Gasteiger partial charge in [0, 0.05) is 18.9 Å². The van der Waals surface area contributed by atoms with Crippen molar-refractivity contribution in [1.82, 2.24) is 14.9 Å². The molecular weight excluding hydrogens is 293 g/mol. The smallest absolute Gasteiger partial charge is 0.257 e. The van der Waals surface area contributed by atoms with Gasteiger partial charge in [0.25, 0.3) is 5.91 Å². The monoisotopic (exact) mass is 305 g/mol. The highest BCUT2D eigenvalue weighted by Gasteiger charge is 2.32. The number of aromatic nitrogens is 2. The summed E-state index contributed by atoms with van der Waals surface area (Å²) in [6.45, 7) is 0.616. The van der Waals surface area contributed by atoms with Crippen LogP contribution >= 0.6 is 11.6 Å². The molecule has 0 aliphatic carbocycles. The SMILES string of the molecule is O=C(c1cc(F)cnc1Cl)N1CCCC1c1cccnc1. The van der Waals surface area contributed by atoms with Crippen LogP contribution < -0.4 is 0 Å². The van der Waals surface area contributed by atoms with E-state index in [0.29, 0.717) is 6.54 Å².